The summed E-state index contributed by atoms with van der Waals surface area (Å²) in [5, 5.41) is 11.7. The van der Waals surface area contributed by atoms with Crippen LogP contribution in [0.15, 0.2) is 28.8 Å². The number of fused-ring (bicyclic) bond motifs is 5. The van der Waals surface area contributed by atoms with Crippen LogP contribution in [0.5, 0.6) is 0 Å². The Bertz CT molecular complexity index is 1260. The summed E-state index contributed by atoms with van der Waals surface area (Å²) >= 11 is 0. The molecule has 0 aromatic rings. The van der Waals surface area contributed by atoms with E-state index < -0.39 is 75.8 Å². The van der Waals surface area contributed by atoms with Gasteiger partial charge in [-0.25, -0.2) is 13.6 Å². The van der Waals surface area contributed by atoms with Crippen molar-refractivity contribution >= 4 is 23.9 Å². The standard InChI is InChI=1S/C32H43F2NO6/c1-17-13-19-20-15-22(33)21-14-18(36)9-10-29(21,6)31(20,34)23(37)16-30(19,7)32(17,26(39)40-12-11-35-8)41-25(38)24-27(2,3)28(24,4)5/h9-11,14,17,19-20,22-24,37H,12-13,15-16H2,1-8H3/t17-,19?,20?,22+,23+,29+,30+,31+,32+/m1/s1. The summed E-state index contributed by atoms with van der Waals surface area (Å²) in [6.07, 6.45) is 1.75. The normalized spacial score (nSPS) is 45.9. The first-order chi connectivity index (χ1) is 18.9. The summed E-state index contributed by atoms with van der Waals surface area (Å²) in [5.41, 5.74) is -7.62. The summed E-state index contributed by atoms with van der Waals surface area (Å²) in [7, 11) is 1.54. The van der Waals surface area contributed by atoms with Gasteiger partial charge in [0.05, 0.1) is 12.0 Å². The molecule has 0 saturated heterocycles. The number of carbonyl (C=O) groups is 3. The number of aliphatic hydroxyl groups is 1. The number of hydrogen-bond acceptors (Lipinski definition) is 7. The van der Waals surface area contributed by atoms with Crippen LogP contribution < -0.4 is 0 Å². The Kier molecular flexibility index (Phi) is 6.63. The number of aliphatic hydroxyl groups excluding tert-OH is 1. The molecule has 0 aromatic heterocycles. The minimum Gasteiger partial charge on any atom is -0.457 e. The zero-order valence-electron chi connectivity index (χ0n) is 25.3. The number of rotatable bonds is 5. The Morgan fingerprint density at radius 3 is 2.34 bits per heavy atom. The number of aliphatic imine (C=N–C) groups is 1. The van der Waals surface area contributed by atoms with Gasteiger partial charge in [-0.3, -0.25) is 14.6 Å². The van der Waals surface area contributed by atoms with Crippen molar-refractivity contribution in [3.05, 3.63) is 23.8 Å². The summed E-state index contributed by atoms with van der Waals surface area (Å²) < 4.78 is 45.4. The van der Waals surface area contributed by atoms with Crippen LogP contribution >= 0.6 is 0 Å². The summed E-state index contributed by atoms with van der Waals surface area (Å²) in [6, 6.07) is 0. The SMILES string of the molecule is CN=CCOC(=O)[C@@]1(OC(=O)C2C(C)(C)C2(C)C)[C@H](C)CC2C3C[C@H](F)C4=CC(=O)C=C[C@]4(C)[C@@]3(F)[C@@H](O)C[C@@]21C. The Morgan fingerprint density at radius 1 is 1.12 bits per heavy atom. The maximum absolute atomic E-state index is 17.6. The van der Waals surface area contributed by atoms with E-state index in [1.165, 1.54) is 25.3 Å². The molecule has 9 heteroatoms. The molecule has 4 fully saturated rings. The lowest BCUT2D eigenvalue weighted by Gasteiger charge is -2.63. The second-order valence-corrected chi connectivity index (χ2v) is 14.6. The minimum atomic E-state index is -2.30. The lowest BCUT2D eigenvalue weighted by Crippen LogP contribution is -2.71. The molecule has 0 aliphatic heterocycles. The molecule has 226 valence electrons. The van der Waals surface area contributed by atoms with Crippen LogP contribution in [0.2, 0.25) is 0 Å². The molecule has 1 N–H and O–H groups in total. The van der Waals surface area contributed by atoms with E-state index >= 15 is 8.78 Å². The molecule has 5 aliphatic rings. The van der Waals surface area contributed by atoms with Crippen LogP contribution in [0.25, 0.3) is 0 Å². The molecule has 0 radical (unpaired) electrons. The highest BCUT2D eigenvalue weighted by Gasteiger charge is 2.80. The molecule has 0 aromatic carbocycles. The Hall–Kier alpha value is -2.42. The topological polar surface area (TPSA) is 102 Å². The molecule has 5 rings (SSSR count). The van der Waals surface area contributed by atoms with E-state index in [-0.39, 0.29) is 42.3 Å². The Balaban J connectivity index is 1.61. The fourth-order valence-electron chi connectivity index (χ4n) is 9.52. The molecular formula is C32H43F2NO6. The molecule has 4 saturated carbocycles. The summed E-state index contributed by atoms with van der Waals surface area (Å²) in [4.78, 5) is 43.9. The molecule has 2 unspecified atom stereocenters. The highest BCUT2D eigenvalue weighted by molar-refractivity contribution is 6.01. The van der Waals surface area contributed by atoms with Gasteiger partial charge in [-0.05, 0) is 60.7 Å². The highest BCUT2D eigenvalue weighted by atomic mass is 19.1. The highest BCUT2D eigenvalue weighted by Crippen LogP contribution is 2.73. The third-order valence-corrected chi connectivity index (χ3v) is 12.5. The number of nitrogens with zero attached hydrogens (tertiary/aromatic N) is 1. The van der Waals surface area contributed by atoms with Crippen molar-refractivity contribution in [2.45, 2.75) is 91.3 Å². The van der Waals surface area contributed by atoms with E-state index in [4.69, 9.17) is 9.47 Å². The van der Waals surface area contributed by atoms with Crippen LogP contribution in [0.3, 0.4) is 0 Å². The van der Waals surface area contributed by atoms with E-state index in [0.717, 1.165) is 6.08 Å². The average molecular weight is 576 g/mol. The fourth-order valence-corrected chi connectivity index (χ4v) is 9.52. The van der Waals surface area contributed by atoms with Crippen molar-refractivity contribution in [2.75, 3.05) is 13.7 Å². The van der Waals surface area contributed by atoms with Crippen LogP contribution in [-0.2, 0) is 23.9 Å². The first-order valence-corrected chi connectivity index (χ1v) is 14.6. The third-order valence-electron chi connectivity index (χ3n) is 12.5. The van der Waals surface area contributed by atoms with Gasteiger partial charge in [0.1, 0.15) is 12.8 Å². The second-order valence-electron chi connectivity index (χ2n) is 14.6. The zero-order chi connectivity index (χ0) is 30.6. The lowest BCUT2D eigenvalue weighted by atomic mass is 9.44. The molecule has 0 spiro atoms. The molecule has 0 amide bonds. The van der Waals surface area contributed by atoms with Gasteiger partial charge < -0.3 is 14.6 Å². The number of halogens is 2. The predicted molar refractivity (Wildman–Crippen MR) is 148 cm³/mol. The van der Waals surface area contributed by atoms with Gasteiger partial charge in [0.25, 0.3) is 0 Å². The lowest BCUT2D eigenvalue weighted by molar-refractivity contribution is -0.239. The number of esters is 2. The minimum absolute atomic E-state index is 0.0339. The molecule has 0 heterocycles. The van der Waals surface area contributed by atoms with Crippen LogP contribution in [0.1, 0.15) is 67.7 Å². The molecule has 41 heavy (non-hydrogen) atoms. The van der Waals surface area contributed by atoms with Crippen LogP contribution in [-0.4, -0.2) is 66.2 Å². The number of ketones is 1. The van der Waals surface area contributed by atoms with Crippen molar-refractivity contribution in [3.8, 4) is 0 Å². The number of alkyl halides is 2. The van der Waals surface area contributed by atoms with Crippen LogP contribution in [0, 0.1) is 45.3 Å². The van der Waals surface area contributed by atoms with Gasteiger partial charge in [0.2, 0.25) is 5.60 Å². The van der Waals surface area contributed by atoms with E-state index in [9.17, 15) is 19.5 Å². The predicted octanol–water partition coefficient (Wildman–Crippen LogP) is 4.76. The van der Waals surface area contributed by atoms with Gasteiger partial charge in [0.15, 0.2) is 11.5 Å². The van der Waals surface area contributed by atoms with E-state index in [0.29, 0.717) is 0 Å². The quantitative estimate of drug-likeness (QED) is 0.375. The molecule has 7 nitrogen and oxygen atoms in total. The Labute approximate surface area is 240 Å². The first-order valence-electron chi connectivity index (χ1n) is 14.6. The fraction of sp³-hybridized carbons (Fsp3) is 0.750. The van der Waals surface area contributed by atoms with Gasteiger partial charge in [-0.15, -0.1) is 0 Å². The van der Waals surface area contributed by atoms with Crippen molar-refractivity contribution in [1.29, 1.82) is 0 Å². The molecule has 5 aliphatic carbocycles. The summed E-state index contributed by atoms with van der Waals surface area (Å²) in [5.74, 6) is -4.40. The zero-order valence-corrected chi connectivity index (χ0v) is 25.3. The van der Waals surface area contributed by atoms with Gasteiger partial charge >= 0.3 is 11.9 Å². The smallest absolute Gasteiger partial charge is 0.351 e. The maximum atomic E-state index is 17.6. The number of allylic oxidation sites excluding steroid dienone is 4. The second kappa shape index (κ2) is 9.04. The third kappa shape index (κ3) is 3.56. The van der Waals surface area contributed by atoms with E-state index in [1.807, 2.05) is 27.7 Å². The number of hydrogen-bond donors (Lipinski definition) is 1. The van der Waals surface area contributed by atoms with E-state index in [2.05, 4.69) is 4.99 Å². The average Bonchev–Trinajstić information content (AvgIpc) is 3.19. The molecular weight excluding hydrogens is 532 g/mol. The number of carbonyl (C=O) groups excluding carboxylic acids is 3. The van der Waals surface area contributed by atoms with E-state index in [1.54, 1.807) is 20.9 Å². The molecule has 0 bridgehead atoms. The van der Waals surface area contributed by atoms with Gasteiger partial charge in [-0.2, -0.15) is 0 Å². The van der Waals surface area contributed by atoms with Crippen molar-refractivity contribution in [2.24, 2.45) is 50.3 Å². The number of ether oxygens (including phenoxy) is 2. The van der Waals surface area contributed by atoms with Crippen molar-refractivity contribution in [1.82, 2.24) is 0 Å². The summed E-state index contributed by atoms with van der Waals surface area (Å²) in [6.45, 7) is 12.8. The van der Waals surface area contributed by atoms with Crippen molar-refractivity contribution in [3.63, 3.8) is 0 Å². The monoisotopic (exact) mass is 575 g/mol. The van der Waals surface area contributed by atoms with Crippen molar-refractivity contribution < 1.29 is 37.7 Å². The largest absolute Gasteiger partial charge is 0.457 e. The molecule has 9 atom stereocenters. The van der Waals surface area contributed by atoms with Gasteiger partial charge in [0, 0.05) is 35.9 Å². The Morgan fingerprint density at radius 2 is 1.76 bits per heavy atom. The van der Waals surface area contributed by atoms with Gasteiger partial charge in [-0.1, -0.05) is 47.6 Å². The first kappa shape index (κ1) is 30.1. The maximum Gasteiger partial charge on any atom is 0.351 e. The van der Waals surface area contributed by atoms with Crippen LogP contribution in [0.4, 0.5) is 8.78 Å².